The number of nitrogens with one attached hydrogen (secondary N) is 2. The number of hydrogen-bond donors (Lipinski definition) is 3. The molecule has 15 heteroatoms. The number of rotatable bonds is 12. The first-order valence-corrected chi connectivity index (χ1v) is 21.0. The van der Waals surface area contributed by atoms with Gasteiger partial charge in [-0.3, -0.25) is 14.1 Å². The smallest absolute Gasteiger partial charge is 0.282 e. The van der Waals surface area contributed by atoms with Crippen LogP contribution in [0.5, 0.6) is 5.75 Å². The molecule has 2 aromatic carbocycles. The highest BCUT2D eigenvalue weighted by Crippen LogP contribution is 2.38. The molecule has 0 saturated carbocycles. The van der Waals surface area contributed by atoms with Crippen LogP contribution in [0.4, 0.5) is 11.5 Å². The first-order chi connectivity index (χ1) is 22.8. The summed E-state index contributed by atoms with van der Waals surface area (Å²) in [4.78, 5) is 23.0. The van der Waals surface area contributed by atoms with Crippen LogP contribution in [0.2, 0.25) is 25.7 Å². The number of benzene rings is 2. The number of sulfonamides is 1. The fourth-order valence-electron chi connectivity index (χ4n) is 5.51. The average Bonchev–Trinajstić information content (AvgIpc) is 3.64. The molecule has 0 aliphatic heterocycles. The first-order valence-electron chi connectivity index (χ1n) is 15.4. The number of anilines is 2. The van der Waals surface area contributed by atoms with Crippen molar-refractivity contribution >= 4 is 46.2 Å². The minimum atomic E-state index is -3.61. The van der Waals surface area contributed by atoms with Crippen molar-refractivity contribution in [3.63, 3.8) is 0 Å². The van der Waals surface area contributed by atoms with Crippen LogP contribution in [0.25, 0.3) is 33.4 Å². The van der Waals surface area contributed by atoms with E-state index in [-0.39, 0.29) is 23.7 Å². The van der Waals surface area contributed by atoms with Crippen LogP contribution in [0.1, 0.15) is 18.8 Å². The Hall–Kier alpha value is -4.99. The fourth-order valence-corrected chi connectivity index (χ4v) is 6.81. The van der Waals surface area contributed by atoms with Crippen LogP contribution in [0, 0.1) is 0 Å². The van der Waals surface area contributed by atoms with E-state index in [0.29, 0.717) is 51.6 Å². The maximum Gasteiger partial charge on any atom is 0.282 e. The predicted molar refractivity (Wildman–Crippen MR) is 190 cm³/mol. The number of ether oxygens (including phenoxy) is 1. The quantitative estimate of drug-likeness (QED) is 0.112. The van der Waals surface area contributed by atoms with Gasteiger partial charge in [0.15, 0.2) is 5.82 Å². The van der Waals surface area contributed by atoms with Crippen molar-refractivity contribution in [3.8, 4) is 22.6 Å². The Labute approximate surface area is 278 Å². The number of hydrogen-bond acceptors (Lipinski definition) is 9. The molecule has 6 rings (SSSR count). The van der Waals surface area contributed by atoms with Crippen molar-refractivity contribution in [2.45, 2.75) is 45.4 Å². The molecule has 48 heavy (non-hydrogen) atoms. The summed E-state index contributed by atoms with van der Waals surface area (Å²) in [5.74, 6) is 0.780. The summed E-state index contributed by atoms with van der Waals surface area (Å²) in [6.45, 7) is 9.57. The summed E-state index contributed by atoms with van der Waals surface area (Å²) in [5, 5.41) is 19.5. The van der Waals surface area contributed by atoms with E-state index in [1.807, 2.05) is 48.0 Å². The molecule has 4 heterocycles. The Balaban J connectivity index is 1.47. The van der Waals surface area contributed by atoms with Gasteiger partial charge in [-0.25, -0.2) is 22.9 Å². The van der Waals surface area contributed by atoms with Gasteiger partial charge in [-0.05, 0) is 54.9 Å². The summed E-state index contributed by atoms with van der Waals surface area (Å²) in [6.07, 6.45) is 6.08. The van der Waals surface area contributed by atoms with Crippen LogP contribution in [0.3, 0.4) is 0 Å². The largest absolute Gasteiger partial charge is 0.508 e. The van der Waals surface area contributed by atoms with E-state index in [4.69, 9.17) is 9.84 Å². The monoisotopic (exact) mass is 686 g/mol. The molecule has 0 aliphatic carbocycles. The van der Waals surface area contributed by atoms with Crippen LogP contribution in [-0.2, 0) is 21.5 Å². The molecular weight excluding hydrogens is 649 g/mol. The Morgan fingerprint density at radius 3 is 2.54 bits per heavy atom. The van der Waals surface area contributed by atoms with Crippen molar-refractivity contribution in [2.24, 2.45) is 0 Å². The van der Waals surface area contributed by atoms with Gasteiger partial charge < -0.3 is 19.7 Å². The summed E-state index contributed by atoms with van der Waals surface area (Å²) in [7, 11) is -4.93. The second-order valence-corrected chi connectivity index (χ2v) is 20.3. The number of para-hydroxylation sites is 1. The van der Waals surface area contributed by atoms with E-state index < -0.39 is 24.1 Å². The summed E-state index contributed by atoms with van der Waals surface area (Å²) >= 11 is 0. The Bertz CT molecular complexity index is 2280. The molecule has 6 aromatic rings. The van der Waals surface area contributed by atoms with Gasteiger partial charge in [-0.1, -0.05) is 37.8 Å². The van der Waals surface area contributed by atoms with Gasteiger partial charge in [-0.2, -0.15) is 5.10 Å². The number of aromatic nitrogens is 6. The molecule has 0 saturated heterocycles. The minimum Gasteiger partial charge on any atom is -0.508 e. The van der Waals surface area contributed by atoms with Crippen molar-refractivity contribution in [2.75, 3.05) is 22.9 Å². The minimum absolute atomic E-state index is 0.123. The topological polar surface area (TPSA) is 158 Å². The van der Waals surface area contributed by atoms with Crippen molar-refractivity contribution in [1.82, 2.24) is 28.7 Å². The SMILES string of the molecule is C[C@H](Nc1ncnc2c1c(-c1cc(O)cc(NS(C)(=O)=O)c1)cn2COCC[Si](C)(C)C)c1nn2cccc2c(=O)n1-c1ccccc1. The lowest BCUT2D eigenvalue weighted by atomic mass is 10.0. The average molecular weight is 687 g/mol. The van der Waals surface area contributed by atoms with E-state index in [0.717, 1.165) is 12.3 Å². The lowest BCUT2D eigenvalue weighted by Crippen LogP contribution is -2.29. The number of nitrogens with zero attached hydrogens (tertiary/aromatic N) is 6. The zero-order chi connectivity index (χ0) is 34.2. The first kappa shape index (κ1) is 32.9. The van der Waals surface area contributed by atoms with Gasteiger partial charge in [0.25, 0.3) is 5.56 Å². The highest BCUT2D eigenvalue weighted by Gasteiger charge is 2.23. The molecule has 0 unspecified atom stereocenters. The Morgan fingerprint density at radius 1 is 1.04 bits per heavy atom. The zero-order valence-corrected chi connectivity index (χ0v) is 29.2. The van der Waals surface area contributed by atoms with Gasteiger partial charge in [0, 0.05) is 38.7 Å². The van der Waals surface area contributed by atoms with Crippen LogP contribution in [-0.4, -0.2) is 63.2 Å². The molecule has 0 bridgehead atoms. The normalized spacial score (nSPS) is 12.9. The zero-order valence-electron chi connectivity index (χ0n) is 27.4. The van der Waals surface area contributed by atoms with E-state index >= 15 is 0 Å². The van der Waals surface area contributed by atoms with Crippen LogP contribution in [0.15, 0.2) is 84.2 Å². The Kier molecular flexibility index (Phi) is 8.85. The van der Waals surface area contributed by atoms with Crippen molar-refractivity contribution in [3.05, 3.63) is 95.6 Å². The third kappa shape index (κ3) is 7.12. The van der Waals surface area contributed by atoms with Gasteiger partial charge in [-0.15, -0.1) is 0 Å². The molecular formula is C33H38N8O5SSi. The van der Waals surface area contributed by atoms with Gasteiger partial charge in [0.05, 0.1) is 29.1 Å². The Morgan fingerprint density at radius 2 is 1.81 bits per heavy atom. The van der Waals surface area contributed by atoms with E-state index in [1.165, 1.54) is 12.4 Å². The van der Waals surface area contributed by atoms with Gasteiger partial charge in [0.2, 0.25) is 10.0 Å². The van der Waals surface area contributed by atoms with Gasteiger partial charge in [0.1, 0.15) is 35.8 Å². The molecule has 0 spiro atoms. The molecule has 13 nitrogen and oxygen atoms in total. The molecule has 4 aromatic heterocycles. The molecule has 1 atom stereocenters. The number of aromatic hydroxyl groups is 1. The number of fused-ring (bicyclic) bond motifs is 2. The summed E-state index contributed by atoms with van der Waals surface area (Å²) < 4.78 is 37.7. The van der Waals surface area contributed by atoms with Crippen molar-refractivity contribution in [1.29, 1.82) is 0 Å². The van der Waals surface area contributed by atoms with E-state index in [1.54, 1.807) is 39.5 Å². The van der Waals surface area contributed by atoms with Gasteiger partial charge >= 0.3 is 0 Å². The summed E-state index contributed by atoms with van der Waals surface area (Å²) in [5.41, 5.74) is 2.83. The second kappa shape index (κ2) is 12.9. The highest BCUT2D eigenvalue weighted by atomic mass is 32.2. The highest BCUT2D eigenvalue weighted by molar-refractivity contribution is 7.92. The van der Waals surface area contributed by atoms with Crippen LogP contribution < -0.4 is 15.6 Å². The number of phenols is 1. The molecule has 250 valence electrons. The van der Waals surface area contributed by atoms with Crippen LogP contribution >= 0.6 is 0 Å². The van der Waals surface area contributed by atoms with E-state index in [2.05, 4.69) is 39.6 Å². The molecule has 0 fully saturated rings. The fraction of sp³-hybridized carbons (Fsp3) is 0.273. The molecule has 0 amide bonds. The van der Waals surface area contributed by atoms with Crippen molar-refractivity contribution < 1.29 is 18.3 Å². The predicted octanol–water partition coefficient (Wildman–Crippen LogP) is 5.46. The number of phenolic OH excluding ortho intramolecular Hbond substituents is 1. The maximum atomic E-state index is 13.7. The third-order valence-electron chi connectivity index (χ3n) is 7.76. The molecule has 0 radical (unpaired) electrons. The lowest BCUT2D eigenvalue weighted by Gasteiger charge is -2.20. The maximum absolute atomic E-state index is 13.7. The molecule has 0 aliphatic rings. The second-order valence-electron chi connectivity index (χ2n) is 13.0. The lowest BCUT2D eigenvalue weighted by molar-refractivity contribution is 0.0899. The summed E-state index contributed by atoms with van der Waals surface area (Å²) in [6, 6.07) is 17.8. The third-order valence-corrected chi connectivity index (χ3v) is 10.1. The molecule has 3 N–H and O–H groups in total. The van der Waals surface area contributed by atoms with E-state index in [9.17, 15) is 18.3 Å². The standard InChI is InChI=1S/C33H38N8O5SSi/c1-22(31-37-40-13-9-12-28(40)33(43)41(31)25-10-7-6-8-11-25)36-30-29-27(23-16-24(18-26(42)17-23)38-47(2,44)45)19-39(32(29)35-20-34-30)21-46-14-15-48(3,4)5/h6-13,16-20,22,38,42H,14-15,21H2,1-5H3,(H,34,35,36)/t22-/m0/s1.